The molecule has 5 aromatic rings. The average molecular weight is 916 g/mol. The Bertz CT molecular complexity index is 2590. The van der Waals surface area contributed by atoms with Gasteiger partial charge in [-0.05, 0) is 80.3 Å². The fourth-order valence-corrected chi connectivity index (χ4v) is 8.23. The number of nitrogens with zero attached hydrogens (tertiary/aromatic N) is 6. The van der Waals surface area contributed by atoms with E-state index in [-0.39, 0.29) is 35.9 Å². The molecule has 67 heavy (non-hydrogen) atoms. The molecule has 2 atom stereocenters. The molecule has 2 unspecified atom stereocenters. The number of anilines is 2. The number of hydrogen-bond donors (Lipinski definition) is 3. The van der Waals surface area contributed by atoms with E-state index >= 15 is 0 Å². The number of nitrogen functional groups attached to an aromatic ring is 1. The summed E-state index contributed by atoms with van der Waals surface area (Å²) in [5.74, 6) is -0.484. The first-order valence-electron chi connectivity index (χ1n) is 22.4. The van der Waals surface area contributed by atoms with E-state index < -0.39 is 29.7 Å². The molecule has 2 saturated heterocycles. The average Bonchev–Trinajstić information content (AvgIpc) is 3.86. The van der Waals surface area contributed by atoms with Crippen LogP contribution in [-0.2, 0) is 33.3 Å². The lowest BCUT2D eigenvalue weighted by Gasteiger charge is -2.32. The summed E-state index contributed by atoms with van der Waals surface area (Å²) < 4.78 is 30.3. The molecule has 3 aliphatic heterocycles. The van der Waals surface area contributed by atoms with Crippen molar-refractivity contribution in [1.29, 1.82) is 0 Å². The number of ether oxygens (including phenoxy) is 5. The van der Waals surface area contributed by atoms with Crippen molar-refractivity contribution in [3.8, 4) is 22.8 Å². The SMILES string of the molecule is Nc1ncnc2c1c(-c1ccc(Oc3ccccc3)cc1)nn2C1CCCN(C(=O)/C=C/CCOCCOCCOCCOCCNc2cccc3c2C(=O)N(C2CCC(=O)NC2=O)C3=O)C1. The van der Waals surface area contributed by atoms with Crippen LogP contribution in [0.25, 0.3) is 22.3 Å². The lowest BCUT2D eigenvalue weighted by atomic mass is 10.0. The highest BCUT2D eigenvalue weighted by molar-refractivity contribution is 6.25. The van der Waals surface area contributed by atoms with E-state index in [1.165, 1.54) is 6.33 Å². The molecule has 5 amide bonds. The lowest BCUT2D eigenvalue weighted by Crippen LogP contribution is -2.54. The van der Waals surface area contributed by atoms with Gasteiger partial charge in [-0.25, -0.2) is 14.6 Å². The van der Waals surface area contributed by atoms with Crippen LogP contribution in [0.4, 0.5) is 11.5 Å². The largest absolute Gasteiger partial charge is 0.457 e. The molecule has 3 aromatic carbocycles. The minimum atomic E-state index is -1.02. The second-order valence-electron chi connectivity index (χ2n) is 16.0. The molecule has 3 aliphatic rings. The van der Waals surface area contributed by atoms with Crippen LogP contribution < -0.4 is 21.1 Å². The Morgan fingerprint density at radius 1 is 0.806 bits per heavy atom. The van der Waals surface area contributed by atoms with Gasteiger partial charge >= 0.3 is 0 Å². The van der Waals surface area contributed by atoms with Gasteiger partial charge < -0.3 is 39.6 Å². The highest BCUT2D eigenvalue weighted by Gasteiger charge is 2.45. The van der Waals surface area contributed by atoms with Crippen LogP contribution in [0.3, 0.4) is 0 Å². The van der Waals surface area contributed by atoms with Gasteiger partial charge in [0.15, 0.2) is 5.65 Å². The van der Waals surface area contributed by atoms with Crippen LogP contribution in [0.1, 0.15) is 58.9 Å². The summed E-state index contributed by atoms with van der Waals surface area (Å²) in [5.41, 5.74) is 9.41. The van der Waals surface area contributed by atoms with Crippen LogP contribution in [-0.4, -0.2) is 138 Å². The molecule has 4 N–H and O–H groups in total. The molecule has 0 saturated carbocycles. The molecular formula is C48H53N9O10. The van der Waals surface area contributed by atoms with Gasteiger partial charge in [0, 0.05) is 37.3 Å². The number of piperidine rings is 2. The number of carbonyl (C=O) groups is 5. The van der Waals surface area contributed by atoms with Crippen LogP contribution in [0.5, 0.6) is 11.5 Å². The maximum absolute atomic E-state index is 13.2. The molecule has 0 radical (unpaired) electrons. The summed E-state index contributed by atoms with van der Waals surface area (Å²) in [7, 11) is 0. The molecule has 19 heteroatoms. The molecule has 0 spiro atoms. The normalized spacial score (nSPS) is 17.4. The number of likely N-dealkylation sites (tertiary alicyclic amines) is 1. The summed E-state index contributed by atoms with van der Waals surface area (Å²) in [5, 5.41) is 11.0. The van der Waals surface area contributed by atoms with Gasteiger partial charge in [0.2, 0.25) is 17.7 Å². The van der Waals surface area contributed by atoms with Crippen LogP contribution in [0.15, 0.2) is 91.3 Å². The number of carbonyl (C=O) groups excluding carboxylic acids is 5. The number of imide groups is 2. The van der Waals surface area contributed by atoms with Gasteiger partial charge in [0.05, 0.1) is 75.4 Å². The van der Waals surface area contributed by atoms with Crippen molar-refractivity contribution in [3.05, 3.63) is 102 Å². The van der Waals surface area contributed by atoms with Gasteiger partial charge in [-0.3, -0.25) is 34.2 Å². The monoisotopic (exact) mass is 915 g/mol. The summed E-state index contributed by atoms with van der Waals surface area (Å²) in [6.45, 7) is 4.58. The van der Waals surface area contributed by atoms with Crippen LogP contribution in [0.2, 0.25) is 0 Å². The van der Waals surface area contributed by atoms with Gasteiger partial charge in [-0.1, -0.05) is 30.3 Å². The molecule has 350 valence electrons. The van der Waals surface area contributed by atoms with E-state index in [0.29, 0.717) is 113 Å². The first-order valence-corrected chi connectivity index (χ1v) is 22.4. The Kier molecular flexibility index (Phi) is 15.6. The number of rotatable bonds is 22. The smallest absolute Gasteiger partial charge is 0.264 e. The second-order valence-corrected chi connectivity index (χ2v) is 16.0. The van der Waals surface area contributed by atoms with Crippen molar-refractivity contribution in [1.82, 2.24) is 34.9 Å². The minimum absolute atomic E-state index is 0.0565. The first-order chi connectivity index (χ1) is 32.8. The van der Waals surface area contributed by atoms with E-state index in [1.807, 2.05) is 70.3 Å². The molecule has 0 aliphatic carbocycles. The number of fused-ring (bicyclic) bond motifs is 2. The summed E-state index contributed by atoms with van der Waals surface area (Å²) in [4.78, 5) is 75.0. The van der Waals surface area contributed by atoms with E-state index in [2.05, 4.69) is 20.6 Å². The molecule has 8 rings (SSSR count). The summed E-state index contributed by atoms with van der Waals surface area (Å²) in [6.07, 6.45) is 7.25. The van der Waals surface area contributed by atoms with E-state index in [9.17, 15) is 24.0 Å². The van der Waals surface area contributed by atoms with E-state index in [1.54, 1.807) is 24.3 Å². The third-order valence-corrected chi connectivity index (χ3v) is 11.5. The third kappa shape index (κ3) is 11.3. The number of para-hydroxylation sites is 1. The predicted molar refractivity (Wildman–Crippen MR) is 245 cm³/mol. The molecule has 2 aromatic heterocycles. The number of nitrogens with one attached hydrogen (secondary N) is 2. The molecular weight excluding hydrogens is 863 g/mol. The fourth-order valence-electron chi connectivity index (χ4n) is 8.23. The second kappa shape index (κ2) is 22.4. The zero-order valence-corrected chi connectivity index (χ0v) is 37.0. The maximum Gasteiger partial charge on any atom is 0.264 e. The van der Waals surface area contributed by atoms with Crippen molar-refractivity contribution in [2.75, 3.05) is 83.5 Å². The lowest BCUT2D eigenvalue weighted by molar-refractivity contribution is -0.136. The standard InChI is InChI=1S/C48H53N9O10/c49-44-42-43(32-14-16-35(17-15-32)67-34-9-2-1-3-10-34)54-57(45(42)52-31-51-44)33-8-7-21-55(30-33)40(59)13-4-5-22-63-24-26-65-28-29-66-27-25-64-23-20-50-37-12-6-11-36-41(37)48(62)56(47(36)61)38-18-19-39(58)53-46(38)60/h1-4,6,9-17,31,33,38,50H,5,7-8,18-30H2,(H2,49,51,52)(H,53,58,60)/b13-4+. The van der Waals surface area contributed by atoms with Crippen LogP contribution in [0, 0.1) is 0 Å². The highest BCUT2D eigenvalue weighted by atomic mass is 16.6. The number of aromatic nitrogens is 4. The number of benzene rings is 3. The zero-order valence-electron chi connectivity index (χ0n) is 37.0. The Hall–Kier alpha value is -7.06. The van der Waals surface area contributed by atoms with Gasteiger partial charge in [-0.15, -0.1) is 0 Å². The van der Waals surface area contributed by atoms with Crippen molar-refractivity contribution in [3.63, 3.8) is 0 Å². The fraction of sp³-hybridized carbons (Fsp3) is 0.375. The van der Waals surface area contributed by atoms with Gasteiger partial charge in [-0.2, -0.15) is 5.10 Å². The Balaban J connectivity index is 0.674. The number of amides is 5. The Morgan fingerprint density at radius 2 is 1.52 bits per heavy atom. The van der Waals surface area contributed by atoms with Crippen molar-refractivity contribution < 1.29 is 47.7 Å². The van der Waals surface area contributed by atoms with Crippen molar-refractivity contribution in [2.45, 2.75) is 44.2 Å². The third-order valence-electron chi connectivity index (χ3n) is 11.5. The number of nitrogens with two attached hydrogens (primary N) is 1. The summed E-state index contributed by atoms with van der Waals surface area (Å²) >= 11 is 0. The Morgan fingerprint density at radius 3 is 2.27 bits per heavy atom. The molecule has 5 heterocycles. The molecule has 2 fully saturated rings. The summed E-state index contributed by atoms with van der Waals surface area (Å²) in [6, 6.07) is 21.0. The first kappa shape index (κ1) is 46.5. The van der Waals surface area contributed by atoms with E-state index in [4.69, 9.17) is 34.5 Å². The quantitative estimate of drug-likeness (QED) is 0.0491. The zero-order chi connectivity index (χ0) is 46.5. The number of hydrogen-bond acceptors (Lipinski definition) is 15. The van der Waals surface area contributed by atoms with Crippen molar-refractivity contribution in [2.24, 2.45) is 0 Å². The minimum Gasteiger partial charge on any atom is -0.457 e. The molecule has 19 nitrogen and oxygen atoms in total. The highest BCUT2D eigenvalue weighted by Crippen LogP contribution is 2.36. The molecule has 0 bridgehead atoms. The topological polar surface area (TPSA) is 232 Å². The maximum atomic E-state index is 13.2. The Labute approximate surface area is 386 Å². The van der Waals surface area contributed by atoms with Crippen LogP contribution >= 0.6 is 0 Å². The van der Waals surface area contributed by atoms with Gasteiger partial charge in [0.25, 0.3) is 11.8 Å². The van der Waals surface area contributed by atoms with Gasteiger partial charge in [0.1, 0.15) is 35.4 Å². The predicted octanol–water partition coefficient (Wildman–Crippen LogP) is 4.56. The van der Waals surface area contributed by atoms with Crippen molar-refractivity contribution >= 4 is 52.1 Å². The van der Waals surface area contributed by atoms with E-state index in [0.717, 1.165) is 29.1 Å².